The number of fused-ring (bicyclic) bond motifs is 1. The van der Waals surface area contributed by atoms with Crippen molar-refractivity contribution in [3.05, 3.63) is 40.7 Å². The van der Waals surface area contributed by atoms with Gasteiger partial charge < -0.3 is 20.6 Å². The molecule has 4 rings (SSSR count). The molecule has 1 aromatic carbocycles. The summed E-state index contributed by atoms with van der Waals surface area (Å²) in [7, 11) is 0. The van der Waals surface area contributed by atoms with E-state index in [4.69, 9.17) is 5.11 Å². The fraction of sp³-hybridized carbons (Fsp3) is 0.294. The van der Waals surface area contributed by atoms with Crippen molar-refractivity contribution in [3.63, 3.8) is 0 Å². The van der Waals surface area contributed by atoms with Crippen molar-refractivity contribution in [2.75, 3.05) is 42.9 Å². The molecule has 1 fully saturated rings. The van der Waals surface area contributed by atoms with Crippen molar-refractivity contribution in [2.45, 2.75) is 0 Å². The van der Waals surface area contributed by atoms with Crippen LogP contribution >= 0.6 is 11.3 Å². The Labute approximate surface area is 158 Å². The molecule has 2 aromatic heterocycles. The number of aromatic nitrogens is 3. The van der Waals surface area contributed by atoms with Gasteiger partial charge in [-0.15, -0.1) is 0 Å². The number of benzene rings is 1. The molecule has 1 saturated heterocycles. The lowest BCUT2D eigenvalue weighted by molar-refractivity contribution is -0.134. The fourth-order valence-electron chi connectivity index (χ4n) is 2.91. The quantitative estimate of drug-likeness (QED) is 0.588. The van der Waals surface area contributed by atoms with Crippen LogP contribution in [0.4, 0.5) is 11.5 Å². The molecule has 0 unspecified atom stereocenters. The van der Waals surface area contributed by atoms with E-state index in [1.807, 2.05) is 18.2 Å². The number of nitrogens with one attached hydrogen (secondary N) is 2. The minimum absolute atomic E-state index is 0.168. The van der Waals surface area contributed by atoms with Crippen LogP contribution in [0.2, 0.25) is 0 Å². The zero-order chi connectivity index (χ0) is 18.8. The Hall–Kier alpha value is -2.98. The third kappa shape index (κ3) is 3.76. The fourth-order valence-corrected chi connectivity index (χ4v) is 3.81. The summed E-state index contributed by atoms with van der Waals surface area (Å²) in [6.07, 6.45) is 0. The molecule has 0 atom stereocenters. The molecule has 140 valence electrons. The topological polar surface area (TPSA) is 112 Å². The Morgan fingerprint density at radius 2 is 2.11 bits per heavy atom. The van der Waals surface area contributed by atoms with Crippen LogP contribution in [0.3, 0.4) is 0 Å². The molecule has 27 heavy (non-hydrogen) atoms. The molecule has 0 bridgehead atoms. The first-order valence-corrected chi connectivity index (χ1v) is 9.34. The minimum atomic E-state index is -0.934. The molecule has 3 N–H and O–H groups in total. The summed E-state index contributed by atoms with van der Waals surface area (Å²) in [5, 5.41) is 19.9. The molecular weight excluding hydrogens is 368 g/mol. The van der Waals surface area contributed by atoms with E-state index in [1.165, 1.54) is 21.9 Å². The van der Waals surface area contributed by atoms with E-state index in [9.17, 15) is 9.59 Å². The Balaban J connectivity index is 1.67. The van der Waals surface area contributed by atoms with Gasteiger partial charge in [-0.05, 0) is 12.1 Å². The van der Waals surface area contributed by atoms with Gasteiger partial charge in [0.15, 0.2) is 0 Å². The Morgan fingerprint density at radius 3 is 2.89 bits per heavy atom. The molecule has 3 heterocycles. The number of rotatable bonds is 5. The number of hydrogen-bond acceptors (Lipinski definition) is 8. The monoisotopic (exact) mass is 386 g/mol. The van der Waals surface area contributed by atoms with Crippen LogP contribution in [0, 0.1) is 0 Å². The highest BCUT2D eigenvalue weighted by atomic mass is 32.1. The SMILES string of the molecule is O=C(O)CNc1cccc(-c2nn3c(=O)cc(N4CCNCC4)nc3s2)c1. The van der Waals surface area contributed by atoms with E-state index < -0.39 is 5.97 Å². The lowest BCUT2D eigenvalue weighted by Crippen LogP contribution is -2.44. The molecular formula is C17H18N6O3S. The van der Waals surface area contributed by atoms with Crippen LogP contribution < -0.4 is 21.1 Å². The number of carboxylic acids is 1. The maximum absolute atomic E-state index is 12.5. The van der Waals surface area contributed by atoms with Crippen molar-refractivity contribution < 1.29 is 9.90 Å². The van der Waals surface area contributed by atoms with E-state index in [2.05, 4.69) is 25.6 Å². The smallest absolute Gasteiger partial charge is 0.322 e. The zero-order valence-corrected chi connectivity index (χ0v) is 15.2. The van der Waals surface area contributed by atoms with Crippen LogP contribution in [0.15, 0.2) is 35.1 Å². The number of hydrogen-bond donors (Lipinski definition) is 3. The normalized spacial score (nSPS) is 14.4. The van der Waals surface area contributed by atoms with Crippen LogP contribution in [-0.4, -0.2) is 58.4 Å². The van der Waals surface area contributed by atoms with Gasteiger partial charge in [0.1, 0.15) is 17.4 Å². The molecule has 9 nitrogen and oxygen atoms in total. The summed E-state index contributed by atoms with van der Waals surface area (Å²) in [4.78, 5) is 30.4. The maximum atomic E-state index is 12.5. The number of nitrogens with zero attached hydrogens (tertiary/aromatic N) is 4. The highest BCUT2D eigenvalue weighted by molar-refractivity contribution is 7.19. The van der Waals surface area contributed by atoms with Gasteiger partial charge in [-0.3, -0.25) is 9.59 Å². The predicted octanol–water partition coefficient (Wildman–Crippen LogP) is 0.724. The van der Waals surface area contributed by atoms with Gasteiger partial charge in [0, 0.05) is 43.5 Å². The third-order valence-corrected chi connectivity index (χ3v) is 5.18. The molecule has 1 aliphatic heterocycles. The van der Waals surface area contributed by atoms with Crippen molar-refractivity contribution in [3.8, 4) is 10.6 Å². The molecule has 0 aliphatic carbocycles. The van der Waals surface area contributed by atoms with Gasteiger partial charge in [-0.25, -0.2) is 4.98 Å². The largest absolute Gasteiger partial charge is 0.480 e. The number of carbonyl (C=O) groups is 1. The van der Waals surface area contributed by atoms with Crippen LogP contribution in [0.25, 0.3) is 15.5 Å². The van der Waals surface area contributed by atoms with Gasteiger partial charge >= 0.3 is 5.97 Å². The zero-order valence-electron chi connectivity index (χ0n) is 14.4. The Morgan fingerprint density at radius 1 is 1.30 bits per heavy atom. The van der Waals surface area contributed by atoms with Gasteiger partial charge in [0.2, 0.25) is 4.96 Å². The summed E-state index contributed by atoms with van der Waals surface area (Å²) in [6.45, 7) is 3.19. The average Bonchev–Trinajstić information content (AvgIpc) is 3.12. The van der Waals surface area contributed by atoms with Gasteiger partial charge in [0.05, 0.1) is 0 Å². The van der Waals surface area contributed by atoms with Crippen molar-refractivity contribution in [1.82, 2.24) is 19.9 Å². The summed E-state index contributed by atoms with van der Waals surface area (Å²) < 4.78 is 1.31. The van der Waals surface area contributed by atoms with Gasteiger partial charge in [-0.1, -0.05) is 23.5 Å². The molecule has 10 heteroatoms. The molecule has 1 aliphatic rings. The van der Waals surface area contributed by atoms with E-state index in [-0.39, 0.29) is 12.1 Å². The van der Waals surface area contributed by atoms with E-state index in [0.717, 1.165) is 31.7 Å². The molecule has 0 radical (unpaired) electrons. The lowest BCUT2D eigenvalue weighted by atomic mass is 10.2. The Kier molecular flexibility index (Phi) is 4.73. The summed E-state index contributed by atoms with van der Waals surface area (Å²) in [5.74, 6) is -0.259. The predicted molar refractivity (Wildman–Crippen MR) is 104 cm³/mol. The Bertz CT molecular complexity index is 1040. The molecule has 3 aromatic rings. The minimum Gasteiger partial charge on any atom is -0.480 e. The van der Waals surface area contributed by atoms with Crippen LogP contribution in [-0.2, 0) is 4.79 Å². The summed E-state index contributed by atoms with van der Waals surface area (Å²) in [6, 6.07) is 8.79. The van der Waals surface area contributed by atoms with Crippen molar-refractivity contribution in [2.24, 2.45) is 0 Å². The second kappa shape index (κ2) is 7.33. The van der Waals surface area contributed by atoms with Crippen LogP contribution in [0.5, 0.6) is 0 Å². The summed E-state index contributed by atoms with van der Waals surface area (Å²) >= 11 is 1.33. The number of anilines is 2. The number of piperazine rings is 1. The molecule has 0 amide bonds. The standard InChI is InChI=1S/C17H18N6O3S/c24-14-9-13(22-6-4-18-5-7-22)20-17-23(14)21-16(27-17)11-2-1-3-12(8-11)19-10-15(25)26/h1-3,8-9,18-19H,4-7,10H2,(H,25,26). The second-order valence-electron chi connectivity index (χ2n) is 6.12. The first-order chi connectivity index (χ1) is 13.1. The molecule has 0 saturated carbocycles. The van der Waals surface area contributed by atoms with Crippen molar-refractivity contribution in [1.29, 1.82) is 0 Å². The summed E-state index contributed by atoms with van der Waals surface area (Å²) in [5.41, 5.74) is 1.26. The third-order valence-electron chi connectivity index (χ3n) is 4.23. The highest BCUT2D eigenvalue weighted by Crippen LogP contribution is 2.27. The first kappa shape index (κ1) is 17.4. The molecule has 0 spiro atoms. The average molecular weight is 386 g/mol. The highest BCUT2D eigenvalue weighted by Gasteiger charge is 2.16. The van der Waals surface area contributed by atoms with E-state index in [1.54, 1.807) is 6.07 Å². The number of aliphatic carboxylic acids is 1. The van der Waals surface area contributed by atoms with Gasteiger partial charge in [-0.2, -0.15) is 9.61 Å². The number of carboxylic acid groups (broad SMARTS) is 1. The van der Waals surface area contributed by atoms with Gasteiger partial charge in [0.25, 0.3) is 5.56 Å². The van der Waals surface area contributed by atoms with Crippen LogP contribution in [0.1, 0.15) is 0 Å². The first-order valence-electron chi connectivity index (χ1n) is 8.53. The van der Waals surface area contributed by atoms with Crippen molar-refractivity contribution >= 4 is 33.8 Å². The van der Waals surface area contributed by atoms with E-state index >= 15 is 0 Å². The van der Waals surface area contributed by atoms with E-state index in [0.29, 0.717) is 21.5 Å². The lowest BCUT2D eigenvalue weighted by Gasteiger charge is -2.27. The maximum Gasteiger partial charge on any atom is 0.322 e. The second-order valence-corrected chi connectivity index (χ2v) is 7.08.